The van der Waals surface area contributed by atoms with Crippen molar-refractivity contribution in [3.63, 3.8) is 0 Å². The number of phenols is 1. The summed E-state index contributed by atoms with van der Waals surface area (Å²) >= 11 is 0. The fourth-order valence-corrected chi connectivity index (χ4v) is 9.07. The molecular formula is C52H37N3O13. The molecule has 1 saturated heterocycles. The number of carbonyl (C=O) groups is 5. The minimum Gasteiger partial charge on any atom is -0.508 e. The Labute approximate surface area is 385 Å². The molecule has 3 atom stereocenters. The molecule has 6 aliphatic rings. The normalized spacial score (nSPS) is 18.7. The molecule has 8 N–H and O–H groups in total. The molecule has 2 amide bonds. The van der Waals surface area contributed by atoms with E-state index in [0.29, 0.717) is 63.3 Å². The summed E-state index contributed by atoms with van der Waals surface area (Å²) in [4.78, 5) is 77.5. The highest BCUT2D eigenvalue weighted by Crippen LogP contribution is 2.48. The lowest BCUT2D eigenvalue weighted by atomic mass is 9.73. The number of rotatable bonds is 11. The van der Waals surface area contributed by atoms with E-state index in [9.17, 15) is 49.2 Å². The summed E-state index contributed by atoms with van der Waals surface area (Å²) in [6.07, 6.45) is 5.54. The minimum absolute atomic E-state index is 0.000812. The molecule has 16 heteroatoms. The van der Waals surface area contributed by atoms with E-state index >= 15 is 0 Å². The number of phenolic OH excluding ortho intramolecular Hbond substituents is 1. The van der Waals surface area contributed by atoms with Gasteiger partial charge in [-0.05, 0) is 90.7 Å². The van der Waals surface area contributed by atoms with Crippen molar-refractivity contribution in [1.29, 1.82) is 0 Å². The number of aromatic hydroxyl groups is 1. The molecule has 3 unspecified atom stereocenters. The smallest absolute Gasteiger partial charge is 0.336 e. The number of nitrogen functional groups attached to an aromatic ring is 1. The largest absolute Gasteiger partial charge is 0.508 e. The van der Waals surface area contributed by atoms with Gasteiger partial charge in [0.15, 0.2) is 5.43 Å². The van der Waals surface area contributed by atoms with Gasteiger partial charge in [-0.2, -0.15) is 0 Å². The summed E-state index contributed by atoms with van der Waals surface area (Å²) in [7, 11) is 0. The number of nitrogens with one attached hydrogen (secondary N) is 2. The summed E-state index contributed by atoms with van der Waals surface area (Å²) in [6.45, 7) is -0.331. The van der Waals surface area contributed by atoms with E-state index in [1.54, 1.807) is 24.3 Å². The molecule has 1 fully saturated rings. The van der Waals surface area contributed by atoms with Crippen LogP contribution in [-0.2, 0) is 16.1 Å². The van der Waals surface area contributed by atoms with Crippen molar-refractivity contribution in [2.24, 2.45) is 5.41 Å². The van der Waals surface area contributed by atoms with Gasteiger partial charge in [0, 0.05) is 69.6 Å². The van der Waals surface area contributed by atoms with Gasteiger partial charge in [-0.25, -0.2) is 14.4 Å². The van der Waals surface area contributed by atoms with E-state index in [4.69, 9.17) is 19.6 Å². The third-order valence-electron chi connectivity index (χ3n) is 12.5. The number of fused-ring (bicyclic) bond motifs is 4. The Hall–Kier alpha value is -8.94. The zero-order valence-corrected chi connectivity index (χ0v) is 35.5. The molecule has 4 aromatic rings. The zero-order chi connectivity index (χ0) is 47.6. The standard InChI is InChI=1S/C52H37N3O13/c53-27-4-9-32-41(20-27)67-43-22-52(15-1-16-52)17-14-34(43)44(32)30-7-2-25(18-36(30)50(62)63)47(58)54-23-29-6-13-40(66-29)48(59)55-24-38-39(57)12-11-35-45(33-10-5-28(56)21-42(33)68-46(35)38)31-8-3-26(49(60)61)19-37(31)51(64)65/h2-5,7-12,14,17-22,29,40,56H,6,13,15,23-24,53H2,(H,54,58)(H,55,59)(H,60,61)(H,62,63)(H,64,65). The van der Waals surface area contributed by atoms with Crippen LogP contribution in [0, 0.1) is 17.3 Å². The average Bonchev–Trinajstić information content (AvgIpc) is 3.79. The molecular weight excluding hydrogens is 875 g/mol. The molecule has 1 spiro atoms. The van der Waals surface area contributed by atoms with Crippen molar-refractivity contribution in [1.82, 2.24) is 10.6 Å². The molecule has 0 bridgehead atoms. The maximum absolute atomic E-state index is 13.5. The Balaban J connectivity index is 0.844. The third kappa shape index (κ3) is 7.56. The number of aromatic carboxylic acids is 3. The first-order chi connectivity index (χ1) is 32.7. The molecule has 3 heterocycles. The van der Waals surface area contributed by atoms with Crippen LogP contribution in [0.3, 0.4) is 0 Å². The summed E-state index contributed by atoms with van der Waals surface area (Å²) in [5.41, 5.74) is 8.07. The van der Waals surface area contributed by atoms with Crippen LogP contribution < -0.4 is 26.5 Å². The first kappa shape index (κ1) is 43.0. The quantitative estimate of drug-likeness (QED) is 0.0411. The Bertz CT molecular complexity index is 3440. The van der Waals surface area contributed by atoms with Gasteiger partial charge < -0.3 is 50.7 Å². The number of carboxylic acids is 3. The first-order valence-corrected chi connectivity index (χ1v) is 21.3. The second-order valence-electron chi connectivity index (χ2n) is 16.8. The minimum atomic E-state index is -1.40. The monoisotopic (exact) mass is 911 g/mol. The van der Waals surface area contributed by atoms with Crippen molar-refractivity contribution >= 4 is 52.0 Å². The number of amides is 2. The molecule has 68 heavy (non-hydrogen) atoms. The van der Waals surface area contributed by atoms with E-state index in [0.717, 1.165) is 6.07 Å². The molecule has 0 aromatic heterocycles. The predicted octanol–water partition coefficient (Wildman–Crippen LogP) is 6.58. The van der Waals surface area contributed by atoms with Crippen LogP contribution >= 0.6 is 0 Å². The first-order valence-electron chi connectivity index (χ1n) is 21.3. The molecule has 3 aliphatic carbocycles. The number of hydrogen-bond acceptors (Lipinski definition) is 11. The number of hydrogen-bond donors (Lipinski definition) is 7. The van der Waals surface area contributed by atoms with Gasteiger partial charge in [0.25, 0.3) is 5.91 Å². The maximum atomic E-state index is 13.5. The Morgan fingerprint density at radius 2 is 1.51 bits per heavy atom. The fourth-order valence-electron chi connectivity index (χ4n) is 9.07. The Morgan fingerprint density at radius 3 is 2.26 bits per heavy atom. The summed E-state index contributed by atoms with van der Waals surface area (Å²) < 4.78 is 18.4. The number of benzene rings is 5. The van der Waals surface area contributed by atoms with E-state index in [2.05, 4.69) is 22.5 Å². The van der Waals surface area contributed by atoms with Gasteiger partial charge in [0.2, 0.25) is 5.91 Å². The van der Waals surface area contributed by atoms with Gasteiger partial charge in [0.05, 0.1) is 40.3 Å². The van der Waals surface area contributed by atoms with Crippen molar-refractivity contribution in [3.05, 3.63) is 164 Å². The summed E-state index contributed by atoms with van der Waals surface area (Å²) in [5.74, 6) is 1.90. The molecule has 10 rings (SSSR count). The second kappa shape index (κ2) is 16.5. The van der Waals surface area contributed by atoms with Crippen LogP contribution in [0.4, 0.5) is 5.69 Å². The van der Waals surface area contributed by atoms with Crippen LogP contribution in [-0.4, -0.2) is 68.9 Å². The lowest BCUT2D eigenvalue weighted by Gasteiger charge is -2.33. The molecule has 0 radical (unpaired) electrons. The number of nitrogens with two attached hydrogens (primary N) is 1. The number of anilines is 1. The van der Waals surface area contributed by atoms with Crippen molar-refractivity contribution in [2.75, 3.05) is 12.3 Å². The zero-order valence-electron chi connectivity index (χ0n) is 35.5. The van der Waals surface area contributed by atoms with E-state index < -0.39 is 52.8 Å². The van der Waals surface area contributed by atoms with Crippen LogP contribution in [0.25, 0.3) is 39.0 Å². The predicted molar refractivity (Wildman–Crippen MR) is 245 cm³/mol. The van der Waals surface area contributed by atoms with Crippen LogP contribution in [0.15, 0.2) is 124 Å². The van der Waals surface area contributed by atoms with Gasteiger partial charge in [-0.15, -0.1) is 0 Å². The highest BCUT2D eigenvalue weighted by molar-refractivity contribution is 6.09. The van der Waals surface area contributed by atoms with E-state index in [-0.39, 0.29) is 75.5 Å². The lowest BCUT2D eigenvalue weighted by Crippen LogP contribution is -2.37. The summed E-state index contributed by atoms with van der Waals surface area (Å²) in [6, 6.07) is 20.1. The van der Waals surface area contributed by atoms with Crippen LogP contribution in [0.5, 0.6) is 11.5 Å². The van der Waals surface area contributed by atoms with Gasteiger partial charge in [-0.1, -0.05) is 36.1 Å². The van der Waals surface area contributed by atoms with Crippen LogP contribution in [0.2, 0.25) is 0 Å². The molecule has 338 valence electrons. The third-order valence-corrected chi connectivity index (χ3v) is 12.5. The number of carboxylic acid groups (broad SMARTS) is 3. The van der Waals surface area contributed by atoms with Gasteiger partial charge >= 0.3 is 17.9 Å². The van der Waals surface area contributed by atoms with Crippen molar-refractivity contribution in [2.45, 2.75) is 38.0 Å². The lowest BCUT2D eigenvalue weighted by molar-refractivity contribution is -0.132. The molecule has 0 saturated carbocycles. The highest BCUT2D eigenvalue weighted by Gasteiger charge is 2.37. The Kier molecular flexibility index (Phi) is 10.4. The topological polar surface area (TPSA) is 265 Å². The van der Waals surface area contributed by atoms with Crippen LogP contribution in [0.1, 0.15) is 77.4 Å². The van der Waals surface area contributed by atoms with Gasteiger partial charge in [0.1, 0.15) is 34.7 Å². The SMILES string of the molecule is Nc1ccc2c(c1)OC1=CC3(C#CC3)C=CC1=C2c1ccc(C(=O)NCC2CCC(C(=O)NCc3c4oc5cc(O)ccc5c(-c5ccc(C(=O)O)cc5C(=O)O)c-4ccc3=O)O2)cc1C(=O)O. The van der Waals surface area contributed by atoms with Crippen molar-refractivity contribution < 1.29 is 58.3 Å². The Morgan fingerprint density at radius 1 is 0.794 bits per heavy atom. The fraction of sp³-hybridized carbons (Fsp3) is 0.154. The highest BCUT2D eigenvalue weighted by atomic mass is 16.5. The van der Waals surface area contributed by atoms with E-state index in [1.807, 2.05) is 18.2 Å². The van der Waals surface area contributed by atoms with Crippen molar-refractivity contribution in [3.8, 4) is 45.8 Å². The average molecular weight is 912 g/mol. The molecule has 4 aromatic carbocycles. The molecule has 3 aliphatic heterocycles. The molecule has 16 nitrogen and oxygen atoms in total. The van der Waals surface area contributed by atoms with Gasteiger partial charge in [-0.3, -0.25) is 14.4 Å². The second-order valence-corrected chi connectivity index (χ2v) is 16.8. The van der Waals surface area contributed by atoms with E-state index in [1.165, 1.54) is 54.6 Å². The number of allylic oxidation sites excluding steroid dienone is 3. The maximum Gasteiger partial charge on any atom is 0.336 e. The summed E-state index contributed by atoms with van der Waals surface area (Å²) in [5, 5.41) is 46.4. The number of ether oxygens (including phenoxy) is 2. The number of carbonyl (C=O) groups excluding carboxylic acids is 2.